The van der Waals surface area contributed by atoms with Crippen molar-refractivity contribution in [3.63, 3.8) is 0 Å². The molecule has 0 spiro atoms. The molecule has 0 radical (unpaired) electrons. The second-order valence-electron chi connectivity index (χ2n) is 5.65. The van der Waals surface area contributed by atoms with Crippen molar-refractivity contribution < 1.29 is 13.5 Å². The third kappa shape index (κ3) is 4.90. The van der Waals surface area contributed by atoms with E-state index in [4.69, 9.17) is 9.15 Å². The first-order chi connectivity index (χ1) is 12.2. The van der Waals surface area contributed by atoms with E-state index in [1.165, 1.54) is 17.7 Å². The Labute approximate surface area is 146 Å². The average Bonchev–Trinajstić information content (AvgIpc) is 3.10. The van der Waals surface area contributed by atoms with Crippen molar-refractivity contribution in [3.05, 3.63) is 71.9 Å². The first-order valence-corrected chi connectivity index (χ1v) is 8.37. The molecule has 4 nitrogen and oxygen atoms in total. The molecule has 0 amide bonds. The lowest BCUT2D eigenvalue weighted by atomic mass is 10.2. The summed E-state index contributed by atoms with van der Waals surface area (Å²) in [5.41, 5.74) is 2.85. The van der Waals surface area contributed by atoms with Gasteiger partial charge >= 0.3 is 0 Å². The summed E-state index contributed by atoms with van der Waals surface area (Å²) in [4.78, 5) is 4.44. The largest absolute Gasteiger partial charge is 0.494 e. The minimum Gasteiger partial charge on any atom is -0.494 e. The quantitative estimate of drug-likeness (QED) is 0.624. The molecule has 0 atom stereocenters. The first-order valence-electron chi connectivity index (χ1n) is 8.37. The highest BCUT2D eigenvalue weighted by molar-refractivity contribution is 5.52. The molecule has 0 fully saturated rings. The standard InChI is InChI=1S/C20H21FN2O2/c1-2-24-19-9-3-15(4-10-19)13-22-12-11-18-14-25-20(23-18)16-5-7-17(21)8-6-16/h3-10,14,22H,2,11-13H2,1H3. The molecular weight excluding hydrogens is 319 g/mol. The fourth-order valence-corrected chi connectivity index (χ4v) is 2.47. The number of aromatic nitrogens is 1. The van der Waals surface area contributed by atoms with Crippen LogP contribution in [0.1, 0.15) is 18.2 Å². The zero-order valence-electron chi connectivity index (χ0n) is 14.2. The molecule has 0 bridgehead atoms. The molecule has 25 heavy (non-hydrogen) atoms. The normalized spacial score (nSPS) is 10.8. The SMILES string of the molecule is CCOc1ccc(CNCCc2coc(-c3ccc(F)cc3)n2)cc1. The lowest BCUT2D eigenvalue weighted by Crippen LogP contribution is -2.16. The van der Waals surface area contributed by atoms with E-state index in [0.717, 1.165) is 36.5 Å². The summed E-state index contributed by atoms with van der Waals surface area (Å²) >= 11 is 0. The Hall–Kier alpha value is -2.66. The molecular formula is C20H21FN2O2. The number of oxazole rings is 1. The van der Waals surface area contributed by atoms with E-state index in [0.29, 0.717) is 12.5 Å². The number of rotatable bonds is 8. The lowest BCUT2D eigenvalue weighted by molar-refractivity contribution is 0.340. The second kappa shape index (κ2) is 8.44. The van der Waals surface area contributed by atoms with Gasteiger partial charge in [0.05, 0.1) is 12.3 Å². The first kappa shape index (κ1) is 17.2. The monoisotopic (exact) mass is 340 g/mol. The van der Waals surface area contributed by atoms with Gasteiger partial charge in [-0.3, -0.25) is 0 Å². The zero-order chi connectivity index (χ0) is 17.5. The second-order valence-corrected chi connectivity index (χ2v) is 5.65. The summed E-state index contributed by atoms with van der Waals surface area (Å²) in [6, 6.07) is 14.2. The van der Waals surface area contributed by atoms with Crippen LogP contribution in [-0.4, -0.2) is 18.1 Å². The van der Waals surface area contributed by atoms with Crippen LogP contribution in [0.5, 0.6) is 5.75 Å². The van der Waals surface area contributed by atoms with Crippen LogP contribution in [-0.2, 0) is 13.0 Å². The minimum absolute atomic E-state index is 0.269. The Balaban J connectivity index is 1.45. The van der Waals surface area contributed by atoms with Gasteiger partial charge in [-0.05, 0) is 48.9 Å². The molecule has 1 heterocycles. The van der Waals surface area contributed by atoms with E-state index >= 15 is 0 Å². The highest BCUT2D eigenvalue weighted by atomic mass is 19.1. The topological polar surface area (TPSA) is 47.3 Å². The third-order valence-corrected chi connectivity index (χ3v) is 3.76. The molecule has 3 rings (SSSR count). The van der Waals surface area contributed by atoms with Crippen molar-refractivity contribution in [1.29, 1.82) is 0 Å². The van der Waals surface area contributed by atoms with Gasteiger partial charge in [-0.15, -0.1) is 0 Å². The van der Waals surface area contributed by atoms with Gasteiger partial charge in [0.2, 0.25) is 5.89 Å². The minimum atomic E-state index is -0.269. The maximum Gasteiger partial charge on any atom is 0.226 e. The Bertz CT molecular complexity index is 782. The molecule has 0 saturated carbocycles. The van der Waals surface area contributed by atoms with Gasteiger partial charge in [-0.25, -0.2) is 9.37 Å². The van der Waals surface area contributed by atoms with E-state index in [1.807, 2.05) is 19.1 Å². The van der Waals surface area contributed by atoms with Gasteiger partial charge in [0.25, 0.3) is 0 Å². The summed E-state index contributed by atoms with van der Waals surface area (Å²) in [6.45, 7) is 4.23. The highest BCUT2D eigenvalue weighted by Gasteiger charge is 2.06. The van der Waals surface area contributed by atoms with Gasteiger partial charge in [-0.1, -0.05) is 12.1 Å². The van der Waals surface area contributed by atoms with Crippen LogP contribution in [0.15, 0.2) is 59.2 Å². The van der Waals surface area contributed by atoms with Crippen LogP contribution in [0, 0.1) is 5.82 Å². The Morgan fingerprint density at radius 1 is 1.08 bits per heavy atom. The summed E-state index contributed by atoms with van der Waals surface area (Å²) < 4.78 is 23.8. The number of nitrogens with zero attached hydrogens (tertiary/aromatic N) is 1. The fourth-order valence-electron chi connectivity index (χ4n) is 2.47. The van der Waals surface area contributed by atoms with Crippen LogP contribution < -0.4 is 10.1 Å². The van der Waals surface area contributed by atoms with Crippen molar-refractivity contribution in [3.8, 4) is 17.2 Å². The molecule has 0 saturated heterocycles. The Morgan fingerprint density at radius 3 is 2.56 bits per heavy atom. The number of benzene rings is 2. The molecule has 5 heteroatoms. The van der Waals surface area contributed by atoms with Gasteiger partial charge in [0, 0.05) is 25.1 Å². The number of ether oxygens (including phenoxy) is 1. The summed E-state index contributed by atoms with van der Waals surface area (Å²) in [6.07, 6.45) is 2.42. The molecule has 3 aromatic rings. The van der Waals surface area contributed by atoms with Gasteiger partial charge in [0.15, 0.2) is 0 Å². The maximum atomic E-state index is 12.9. The fraction of sp³-hybridized carbons (Fsp3) is 0.250. The van der Waals surface area contributed by atoms with Crippen molar-refractivity contribution in [1.82, 2.24) is 10.3 Å². The average molecular weight is 340 g/mol. The van der Waals surface area contributed by atoms with Crippen LogP contribution in [0.25, 0.3) is 11.5 Å². The maximum absolute atomic E-state index is 12.9. The highest BCUT2D eigenvalue weighted by Crippen LogP contribution is 2.19. The molecule has 1 N–H and O–H groups in total. The van der Waals surface area contributed by atoms with Crippen molar-refractivity contribution in [2.75, 3.05) is 13.2 Å². The smallest absolute Gasteiger partial charge is 0.226 e. The lowest BCUT2D eigenvalue weighted by Gasteiger charge is -2.06. The van der Waals surface area contributed by atoms with Crippen molar-refractivity contribution in [2.24, 2.45) is 0 Å². The number of hydrogen-bond acceptors (Lipinski definition) is 4. The molecule has 130 valence electrons. The van der Waals surface area contributed by atoms with Crippen LogP contribution in [0.2, 0.25) is 0 Å². The molecule has 0 unspecified atom stereocenters. The number of halogens is 1. The molecule has 2 aromatic carbocycles. The number of nitrogens with one attached hydrogen (secondary N) is 1. The van der Waals surface area contributed by atoms with Crippen molar-refractivity contribution >= 4 is 0 Å². The predicted octanol–water partition coefficient (Wildman–Crippen LogP) is 4.21. The van der Waals surface area contributed by atoms with E-state index < -0.39 is 0 Å². The van der Waals surface area contributed by atoms with Gasteiger partial charge in [0.1, 0.15) is 17.8 Å². The zero-order valence-corrected chi connectivity index (χ0v) is 14.2. The number of hydrogen-bond donors (Lipinski definition) is 1. The van der Waals surface area contributed by atoms with E-state index in [2.05, 4.69) is 22.4 Å². The van der Waals surface area contributed by atoms with E-state index in [9.17, 15) is 4.39 Å². The predicted molar refractivity (Wildman–Crippen MR) is 94.9 cm³/mol. The molecule has 1 aromatic heterocycles. The molecule has 0 aliphatic rings. The van der Waals surface area contributed by atoms with Crippen LogP contribution in [0.4, 0.5) is 4.39 Å². The van der Waals surface area contributed by atoms with Crippen LogP contribution >= 0.6 is 0 Å². The Morgan fingerprint density at radius 2 is 1.84 bits per heavy atom. The van der Waals surface area contributed by atoms with Gasteiger partial charge < -0.3 is 14.5 Å². The molecule has 0 aliphatic heterocycles. The van der Waals surface area contributed by atoms with E-state index in [1.54, 1.807) is 18.4 Å². The summed E-state index contributed by atoms with van der Waals surface area (Å²) in [5, 5.41) is 3.39. The summed E-state index contributed by atoms with van der Waals surface area (Å²) in [7, 11) is 0. The Kier molecular flexibility index (Phi) is 5.80. The van der Waals surface area contributed by atoms with Crippen LogP contribution in [0.3, 0.4) is 0 Å². The van der Waals surface area contributed by atoms with E-state index in [-0.39, 0.29) is 5.82 Å². The van der Waals surface area contributed by atoms with Crippen molar-refractivity contribution in [2.45, 2.75) is 19.9 Å². The molecule has 0 aliphatic carbocycles. The van der Waals surface area contributed by atoms with Gasteiger partial charge in [-0.2, -0.15) is 0 Å². The third-order valence-electron chi connectivity index (χ3n) is 3.76. The summed E-state index contributed by atoms with van der Waals surface area (Å²) in [5.74, 6) is 1.14.